The van der Waals surface area contributed by atoms with Gasteiger partial charge in [0.25, 0.3) is 0 Å². The molecule has 2 aromatic carbocycles. The number of hydrogen-bond acceptors (Lipinski definition) is 9. The van der Waals surface area contributed by atoms with E-state index in [-0.39, 0.29) is 11.9 Å². The Hall–Kier alpha value is -2.57. The third-order valence-corrected chi connectivity index (χ3v) is 6.39. The quantitative estimate of drug-likeness (QED) is 0.168. The van der Waals surface area contributed by atoms with Gasteiger partial charge in [-0.15, -0.1) is 0 Å². The summed E-state index contributed by atoms with van der Waals surface area (Å²) in [4.78, 5) is 14.2. The SMILES string of the molecule is CN.CSN(CCN(C)CCCB(O)O)c1cc2oc(-c3ccc(F)cc3)c(C=O)c2cc1OC(C)C. The van der Waals surface area contributed by atoms with Crippen molar-refractivity contribution in [3.63, 3.8) is 0 Å². The molecule has 0 saturated heterocycles. The summed E-state index contributed by atoms with van der Waals surface area (Å²) in [5, 5.41) is 18.7. The number of carbonyl (C=O) groups is 1. The normalized spacial score (nSPS) is 11.0. The summed E-state index contributed by atoms with van der Waals surface area (Å²) in [7, 11) is 2.22. The summed E-state index contributed by atoms with van der Waals surface area (Å²) in [6.45, 7) is 6.07. The van der Waals surface area contributed by atoms with Gasteiger partial charge in [-0.2, -0.15) is 0 Å². The average molecular weight is 533 g/mol. The second-order valence-electron chi connectivity index (χ2n) is 8.66. The lowest BCUT2D eigenvalue weighted by molar-refractivity contribution is 0.112. The zero-order valence-electron chi connectivity index (χ0n) is 22.1. The first-order valence-corrected chi connectivity index (χ1v) is 13.3. The Balaban J connectivity index is 0.00000235. The van der Waals surface area contributed by atoms with Crippen LogP contribution in [0.1, 0.15) is 30.6 Å². The molecule has 0 fully saturated rings. The zero-order valence-corrected chi connectivity index (χ0v) is 22.9. The van der Waals surface area contributed by atoms with Gasteiger partial charge in [0.05, 0.1) is 17.4 Å². The van der Waals surface area contributed by atoms with Crippen molar-refractivity contribution in [1.29, 1.82) is 0 Å². The molecule has 37 heavy (non-hydrogen) atoms. The first-order valence-electron chi connectivity index (χ1n) is 12.2. The average Bonchev–Trinajstić information content (AvgIpc) is 3.22. The number of likely N-dealkylation sites (N-methyl/N-ethyl adjacent to an activating group) is 1. The monoisotopic (exact) mass is 533 g/mol. The second-order valence-corrected chi connectivity index (χ2v) is 9.47. The predicted octanol–water partition coefficient (Wildman–Crippen LogP) is 4.29. The molecule has 0 saturated carbocycles. The predicted molar refractivity (Wildman–Crippen MR) is 151 cm³/mol. The van der Waals surface area contributed by atoms with Gasteiger partial charge in [-0.05, 0) is 77.6 Å². The highest BCUT2D eigenvalue weighted by atomic mass is 32.2. The minimum absolute atomic E-state index is 0.0781. The number of hydrogen-bond donors (Lipinski definition) is 3. The summed E-state index contributed by atoms with van der Waals surface area (Å²) in [5.41, 5.74) is 6.89. The van der Waals surface area contributed by atoms with Gasteiger partial charge in [0.2, 0.25) is 0 Å². The number of nitrogens with zero attached hydrogens (tertiary/aromatic N) is 2. The van der Waals surface area contributed by atoms with E-state index in [9.17, 15) is 9.18 Å². The highest BCUT2D eigenvalue weighted by Crippen LogP contribution is 2.41. The Morgan fingerprint density at radius 3 is 2.41 bits per heavy atom. The van der Waals surface area contributed by atoms with Crippen LogP contribution in [-0.2, 0) is 0 Å². The molecule has 0 atom stereocenters. The third-order valence-electron chi connectivity index (χ3n) is 5.57. The van der Waals surface area contributed by atoms with Crippen molar-refractivity contribution in [2.75, 3.05) is 44.3 Å². The van der Waals surface area contributed by atoms with Crippen LogP contribution < -0.4 is 14.8 Å². The summed E-state index contributed by atoms with van der Waals surface area (Å²) >= 11 is 1.55. The molecule has 0 spiro atoms. The van der Waals surface area contributed by atoms with Crippen LogP contribution in [0, 0.1) is 5.82 Å². The summed E-state index contributed by atoms with van der Waals surface area (Å²) in [6.07, 6.45) is 3.69. The van der Waals surface area contributed by atoms with Crippen LogP contribution in [0.3, 0.4) is 0 Å². The molecule has 1 heterocycles. The van der Waals surface area contributed by atoms with Crippen molar-refractivity contribution in [3.8, 4) is 17.1 Å². The molecule has 0 radical (unpaired) electrons. The number of halogens is 1. The summed E-state index contributed by atoms with van der Waals surface area (Å²) in [5.74, 6) is 0.673. The van der Waals surface area contributed by atoms with Crippen LogP contribution in [0.2, 0.25) is 6.32 Å². The maximum absolute atomic E-state index is 13.4. The van der Waals surface area contributed by atoms with E-state index in [1.165, 1.54) is 19.2 Å². The van der Waals surface area contributed by atoms with Gasteiger partial charge < -0.3 is 34.1 Å². The fraction of sp³-hybridized carbons (Fsp3) is 0.423. The molecule has 0 amide bonds. The molecule has 1 aromatic heterocycles. The number of carbonyl (C=O) groups excluding carboxylic acids is 1. The van der Waals surface area contributed by atoms with E-state index in [2.05, 4.69) is 14.9 Å². The fourth-order valence-electron chi connectivity index (χ4n) is 3.83. The third kappa shape index (κ3) is 8.48. The number of ether oxygens (including phenoxy) is 1. The number of anilines is 1. The molecule has 0 bridgehead atoms. The van der Waals surface area contributed by atoms with Gasteiger partial charge in [-0.25, -0.2) is 4.39 Å². The van der Waals surface area contributed by atoms with Crippen molar-refractivity contribution < 1.29 is 28.4 Å². The Labute approximate surface area is 222 Å². The van der Waals surface area contributed by atoms with Gasteiger partial charge in [0, 0.05) is 36.4 Å². The number of rotatable bonds is 13. The van der Waals surface area contributed by atoms with Crippen LogP contribution >= 0.6 is 11.9 Å². The van der Waals surface area contributed by atoms with E-state index in [1.807, 2.05) is 39.3 Å². The number of nitrogens with two attached hydrogens (primary N) is 1. The Morgan fingerprint density at radius 1 is 1.16 bits per heavy atom. The molecular formula is C26H37BFN3O5S. The maximum Gasteiger partial charge on any atom is 0.451 e. The number of benzene rings is 2. The van der Waals surface area contributed by atoms with Crippen LogP contribution in [0.5, 0.6) is 5.75 Å². The molecule has 4 N–H and O–H groups in total. The zero-order chi connectivity index (χ0) is 27.5. The number of fused-ring (bicyclic) bond motifs is 1. The summed E-state index contributed by atoms with van der Waals surface area (Å²) in [6, 6.07) is 9.57. The minimum atomic E-state index is -1.28. The second kappa shape index (κ2) is 15.0. The lowest BCUT2D eigenvalue weighted by atomic mass is 9.84. The molecule has 3 aromatic rings. The molecule has 0 aliphatic heterocycles. The van der Waals surface area contributed by atoms with Gasteiger partial charge in [0.15, 0.2) is 6.29 Å². The summed E-state index contributed by atoms with van der Waals surface area (Å²) < 4.78 is 27.8. The molecule has 0 aliphatic carbocycles. The van der Waals surface area contributed by atoms with Crippen molar-refractivity contribution in [2.45, 2.75) is 32.7 Å². The van der Waals surface area contributed by atoms with Crippen molar-refractivity contribution >= 4 is 42.0 Å². The molecule has 0 aliphatic rings. The highest BCUT2D eigenvalue weighted by molar-refractivity contribution is 8.00. The van der Waals surface area contributed by atoms with Gasteiger partial charge in [-0.1, -0.05) is 11.9 Å². The minimum Gasteiger partial charge on any atom is -0.489 e. The van der Waals surface area contributed by atoms with Gasteiger partial charge >= 0.3 is 7.12 Å². The van der Waals surface area contributed by atoms with Crippen LogP contribution in [0.25, 0.3) is 22.3 Å². The van der Waals surface area contributed by atoms with Crippen LogP contribution in [0.4, 0.5) is 10.1 Å². The maximum atomic E-state index is 13.4. The molecular weight excluding hydrogens is 496 g/mol. The first kappa shape index (κ1) is 30.7. The van der Waals surface area contributed by atoms with E-state index in [1.54, 1.807) is 24.1 Å². The molecule has 3 rings (SSSR count). The molecule has 0 unspecified atom stereocenters. The van der Waals surface area contributed by atoms with E-state index in [0.717, 1.165) is 25.1 Å². The first-order chi connectivity index (χ1) is 17.7. The van der Waals surface area contributed by atoms with Crippen LogP contribution in [-0.4, -0.2) is 74.4 Å². The standard InChI is InChI=1S/C25H32BFN2O5S.CH5N/c1-17(2)33-24-14-20-21(16-30)25(18-6-8-19(27)9-7-18)34-23(20)15-22(24)29(35-4)13-12-28(3)11-5-10-26(31)32;1-2/h6-9,14-17,31-32H,5,10-13H2,1-4H3;2H2,1H3. The number of furan rings is 1. The molecule has 202 valence electrons. The Bertz CT molecular complexity index is 1130. The topological polar surface area (TPSA) is 112 Å². The Morgan fingerprint density at radius 2 is 1.84 bits per heavy atom. The van der Waals surface area contributed by atoms with E-state index in [0.29, 0.717) is 52.9 Å². The van der Waals surface area contributed by atoms with Gasteiger partial charge in [0.1, 0.15) is 22.9 Å². The smallest absolute Gasteiger partial charge is 0.451 e. The van der Waals surface area contributed by atoms with Crippen LogP contribution in [0.15, 0.2) is 40.8 Å². The van der Waals surface area contributed by atoms with E-state index in [4.69, 9.17) is 19.2 Å². The van der Waals surface area contributed by atoms with E-state index < -0.39 is 7.12 Å². The molecule has 8 nitrogen and oxygen atoms in total. The fourth-order valence-corrected chi connectivity index (χ4v) is 4.44. The van der Waals surface area contributed by atoms with Crippen molar-refractivity contribution in [2.24, 2.45) is 5.73 Å². The highest BCUT2D eigenvalue weighted by Gasteiger charge is 2.22. The largest absolute Gasteiger partial charge is 0.489 e. The van der Waals surface area contributed by atoms with Crippen molar-refractivity contribution in [1.82, 2.24) is 4.90 Å². The molecule has 11 heteroatoms. The lowest BCUT2D eigenvalue weighted by Gasteiger charge is -2.27. The number of aldehydes is 1. The Kier molecular flexibility index (Phi) is 12.4. The van der Waals surface area contributed by atoms with E-state index >= 15 is 0 Å². The van der Waals surface area contributed by atoms with Gasteiger partial charge in [-0.3, -0.25) is 4.79 Å². The van der Waals surface area contributed by atoms with Crippen molar-refractivity contribution in [3.05, 3.63) is 47.8 Å². The lowest BCUT2D eigenvalue weighted by Crippen LogP contribution is -2.30.